The number of carbonyl (C=O) groups is 3. The molecular weight excluding hydrogens is 718 g/mol. The number of nitrogens with one attached hydrogen (secondary N) is 3. The number of anilines is 2. The quantitative estimate of drug-likeness (QED) is 0.147. The van der Waals surface area contributed by atoms with Crippen LogP contribution >= 0.6 is 0 Å². The highest BCUT2D eigenvalue weighted by Crippen LogP contribution is 2.40. The van der Waals surface area contributed by atoms with Crippen molar-refractivity contribution in [1.29, 1.82) is 0 Å². The molecule has 0 unspecified atom stereocenters. The minimum atomic E-state index is -4.47. The van der Waals surface area contributed by atoms with E-state index in [2.05, 4.69) is 15.6 Å². The highest BCUT2D eigenvalue weighted by molar-refractivity contribution is 7.92. The number of methoxy groups -OCH3 is 1. The lowest BCUT2D eigenvalue weighted by Gasteiger charge is -2.16. The summed E-state index contributed by atoms with van der Waals surface area (Å²) in [6, 6.07) is 11.3. The van der Waals surface area contributed by atoms with E-state index in [1.54, 1.807) is 0 Å². The molecular formula is C35H30F2N6O9S. The topological polar surface area (TPSA) is 208 Å². The Morgan fingerprint density at radius 1 is 1.00 bits per heavy atom. The number of benzene rings is 3. The number of aliphatic carboxylic acids is 1. The van der Waals surface area contributed by atoms with Crippen molar-refractivity contribution in [1.82, 2.24) is 19.4 Å². The Balaban J connectivity index is 1.14. The molecule has 2 aromatic heterocycles. The molecule has 15 nitrogen and oxygen atoms in total. The summed E-state index contributed by atoms with van der Waals surface area (Å²) in [6.45, 7) is 0. The largest absolute Gasteiger partial charge is 0.480 e. The molecule has 1 aliphatic rings. The van der Waals surface area contributed by atoms with Crippen LogP contribution in [0.5, 0.6) is 0 Å². The normalized spacial score (nSPS) is 14.0. The molecule has 1 fully saturated rings. The molecule has 0 spiro atoms. The van der Waals surface area contributed by atoms with Gasteiger partial charge < -0.3 is 20.5 Å². The third kappa shape index (κ3) is 7.26. The molecule has 274 valence electrons. The van der Waals surface area contributed by atoms with Gasteiger partial charge in [-0.1, -0.05) is 12.1 Å². The second-order valence-corrected chi connectivity index (χ2v) is 13.9. The number of nitrogens with zero attached hydrogens (tertiary/aromatic N) is 3. The van der Waals surface area contributed by atoms with E-state index >= 15 is 8.78 Å². The Morgan fingerprint density at radius 2 is 1.68 bits per heavy atom. The van der Waals surface area contributed by atoms with E-state index in [1.165, 1.54) is 73.6 Å². The molecule has 6 rings (SSSR count). The Hall–Kier alpha value is -6.27. The van der Waals surface area contributed by atoms with Crippen LogP contribution < -0.4 is 26.6 Å². The maximum absolute atomic E-state index is 15.1. The SMILES string of the molecule is COC1(C(=O)Nc2ccc(S(=O)(=O)Nc3cc(F)c(C(=O)N[C@@H](Cc4ccc(-n5c(=O)c6ccncc6n(C)c5=O)cc4)C(=O)O)cc3F)cc2)CC1. The molecule has 2 amide bonds. The number of rotatable bonds is 12. The smallest absolute Gasteiger partial charge is 0.335 e. The molecule has 53 heavy (non-hydrogen) atoms. The molecule has 3 aromatic carbocycles. The van der Waals surface area contributed by atoms with Crippen molar-refractivity contribution >= 4 is 50.1 Å². The Labute approximate surface area is 298 Å². The zero-order valence-corrected chi connectivity index (χ0v) is 28.7. The Kier molecular flexibility index (Phi) is 9.67. The number of fused-ring (bicyclic) bond motifs is 1. The number of amides is 2. The lowest BCUT2D eigenvalue weighted by atomic mass is 10.0. The minimum absolute atomic E-state index is 0.192. The lowest BCUT2D eigenvalue weighted by Crippen LogP contribution is -2.42. The van der Waals surface area contributed by atoms with Crippen LogP contribution in [0, 0.1) is 11.6 Å². The maximum atomic E-state index is 15.1. The minimum Gasteiger partial charge on any atom is -0.480 e. The highest BCUT2D eigenvalue weighted by atomic mass is 32.2. The molecule has 1 aliphatic carbocycles. The van der Waals surface area contributed by atoms with E-state index < -0.39 is 67.7 Å². The number of pyridine rings is 1. The summed E-state index contributed by atoms with van der Waals surface area (Å²) in [5, 5.41) is 14.8. The summed E-state index contributed by atoms with van der Waals surface area (Å²) in [5.41, 5.74) is -2.69. The van der Waals surface area contributed by atoms with Gasteiger partial charge in [-0.25, -0.2) is 31.4 Å². The molecule has 2 heterocycles. The van der Waals surface area contributed by atoms with E-state index in [0.29, 0.717) is 36.1 Å². The molecule has 0 bridgehead atoms. The predicted octanol–water partition coefficient (Wildman–Crippen LogP) is 2.71. The van der Waals surface area contributed by atoms with Gasteiger partial charge >= 0.3 is 11.7 Å². The first kappa shape index (κ1) is 36.5. The molecule has 1 atom stereocenters. The number of carbonyl (C=O) groups excluding carboxylic acids is 2. The lowest BCUT2D eigenvalue weighted by molar-refractivity contribution is -0.139. The molecule has 4 N–H and O–H groups in total. The van der Waals surface area contributed by atoms with Gasteiger partial charge in [0.25, 0.3) is 27.4 Å². The van der Waals surface area contributed by atoms with Gasteiger partial charge in [0.15, 0.2) is 0 Å². The fourth-order valence-electron chi connectivity index (χ4n) is 5.58. The van der Waals surface area contributed by atoms with E-state index in [9.17, 15) is 37.5 Å². The average molecular weight is 749 g/mol. The molecule has 1 saturated carbocycles. The van der Waals surface area contributed by atoms with Crippen molar-refractivity contribution in [3.05, 3.63) is 123 Å². The first-order valence-electron chi connectivity index (χ1n) is 15.8. The van der Waals surface area contributed by atoms with Gasteiger partial charge in [0.2, 0.25) is 0 Å². The molecule has 0 aliphatic heterocycles. The summed E-state index contributed by atoms with van der Waals surface area (Å²) in [4.78, 5) is 67.0. The third-order valence-corrected chi connectivity index (χ3v) is 10.2. The number of carboxylic acid groups (broad SMARTS) is 1. The van der Waals surface area contributed by atoms with Crippen molar-refractivity contribution in [3.8, 4) is 5.69 Å². The van der Waals surface area contributed by atoms with Gasteiger partial charge in [0, 0.05) is 38.5 Å². The summed E-state index contributed by atoms with van der Waals surface area (Å²) in [6.07, 6.45) is 3.57. The summed E-state index contributed by atoms with van der Waals surface area (Å²) in [7, 11) is -1.57. The highest BCUT2D eigenvalue weighted by Gasteiger charge is 2.50. The van der Waals surface area contributed by atoms with Crippen LogP contribution in [0.1, 0.15) is 28.8 Å². The Bertz CT molecular complexity index is 2520. The van der Waals surface area contributed by atoms with Crippen molar-refractivity contribution in [2.75, 3.05) is 17.1 Å². The fourth-order valence-corrected chi connectivity index (χ4v) is 6.64. The predicted molar refractivity (Wildman–Crippen MR) is 186 cm³/mol. The van der Waals surface area contributed by atoms with Gasteiger partial charge in [-0.15, -0.1) is 0 Å². The van der Waals surface area contributed by atoms with Gasteiger partial charge in [-0.05, 0) is 66.9 Å². The summed E-state index contributed by atoms with van der Waals surface area (Å²) in [5.74, 6) is -5.86. The zero-order chi connectivity index (χ0) is 38.2. The van der Waals surface area contributed by atoms with Crippen molar-refractivity contribution in [2.45, 2.75) is 35.8 Å². The van der Waals surface area contributed by atoms with Crippen LogP contribution in [0.2, 0.25) is 0 Å². The molecule has 0 saturated heterocycles. The number of hydrogen-bond acceptors (Lipinski definition) is 9. The standard InChI is InChI=1S/C35H30F2N6O9S/c1-42-29-18-38-14-11-23(29)31(45)43(34(42)49)21-7-3-19(4-8-21)15-28(32(46)47)40-30(44)24-16-26(37)27(17-25(24)36)41-53(50,51)22-9-5-20(6-10-22)39-33(48)35(52-2)12-13-35/h3-11,14,16-18,28,41H,12-13,15H2,1-2H3,(H,39,48)(H,40,44)(H,46,47)/t28-/m0/s1. The van der Waals surface area contributed by atoms with Crippen LogP contribution in [0.25, 0.3) is 16.6 Å². The molecule has 5 aromatic rings. The van der Waals surface area contributed by atoms with Gasteiger partial charge in [-0.2, -0.15) is 0 Å². The third-order valence-electron chi connectivity index (χ3n) is 8.79. The monoisotopic (exact) mass is 748 g/mol. The number of hydrogen-bond donors (Lipinski definition) is 4. The van der Waals surface area contributed by atoms with E-state index in [0.717, 1.165) is 16.7 Å². The second kappa shape index (κ2) is 14.0. The molecule has 0 radical (unpaired) electrons. The van der Waals surface area contributed by atoms with Gasteiger partial charge in [0.05, 0.1) is 38.9 Å². The van der Waals surface area contributed by atoms with Crippen molar-refractivity contribution < 1.29 is 41.4 Å². The summed E-state index contributed by atoms with van der Waals surface area (Å²) >= 11 is 0. The average Bonchev–Trinajstić information content (AvgIpc) is 3.94. The number of sulfonamides is 1. The molecule has 18 heteroatoms. The Morgan fingerprint density at radius 3 is 2.30 bits per heavy atom. The van der Waals surface area contributed by atoms with Crippen molar-refractivity contribution in [3.63, 3.8) is 0 Å². The van der Waals surface area contributed by atoms with E-state index in [1.807, 2.05) is 4.72 Å². The fraction of sp³-hybridized carbons (Fsp3) is 0.200. The zero-order valence-electron chi connectivity index (χ0n) is 27.9. The van der Waals surface area contributed by atoms with E-state index in [4.69, 9.17) is 4.74 Å². The second-order valence-electron chi connectivity index (χ2n) is 12.2. The number of ether oxygens (including phenoxy) is 1. The van der Waals surface area contributed by atoms with Crippen LogP contribution in [0.3, 0.4) is 0 Å². The number of aromatic nitrogens is 3. The number of halogens is 2. The van der Waals surface area contributed by atoms with Gasteiger partial charge in [-0.3, -0.25) is 28.7 Å². The number of carboxylic acids is 1. The van der Waals surface area contributed by atoms with Gasteiger partial charge in [0.1, 0.15) is 23.3 Å². The first-order chi connectivity index (χ1) is 25.1. The van der Waals surface area contributed by atoms with Crippen LogP contribution in [0.4, 0.5) is 20.2 Å². The summed E-state index contributed by atoms with van der Waals surface area (Å²) < 4.78 is 65.4. The van der Waals surface area contributed by atoms with Crippen LogP contribution in [-0.4, -0.2) is 64.2 Å². The van der Waals surface area contributed by atoms with Crippen molar-refractivity contribution in [2.24, 2.45) is 7.05 Å². The van der Waals surface area contributed by atoms with Crippen LogP contribution in [-0.2, 0) is 37.8 Å². The van der Waals surface area contributed by atoms with Crippen LogP contribution in [0.15, 0.2) is 93.6 Å². The van der Waals surface area contributed by atoms with E-state index in [-0.39, 0.29) is 34.0 Å². The number of aryl methyl sites for hydroxylation is 1. The first-order valence-corrected chi connectivity index (χ1v) is 17.3. The maximum Gasteiger partial charge on any atom is 0.335 e.